The Balaban J connectivity index is 1.30. The molecule has 10 heteroatoms. The highest BCUT2D eigenvalue weighted by Crippen LogP contribution is 2.67. The number of benzene rings is 1. The van der Waals surface area contributed by atoms with Crippen molar-refractivity contribution in [3.05, 3.63) is 41.5 Å². The molecule has 5 bridgehead atoms. The molecular weight excluding hydrogens is 480 g/mol. The highest BCUT2D eigenvalue weighted by atomic mass is 16.7. The van der Waals surface area contributed by atoms with Crippen LogP contribution in [0.15, 0.2) is 40.9 Å². The number of para-hydroxylation sites is 1. The van der Waals surface area contributed by atoms with Crippen molar-refractivity contribution in [2.24, 2.45) is 16.8 Å². The average molecular weight is 513 g/mol. The van der Waals surface area contributed by atoms with E-state index in [1.54, 1.807) is 0 Å². The lowest BCUT2D eigenvalue weighted by Gasteiger charge is -2.59. The molecule has 10 nitrogen and oxygen atoms in total. The number of nitrogens with zero attached hydrogens (tertiary/aromatic N) is 2. The Morgan fingerprint density at radius 2 is 2.03 bits per heavy atom. The highest BCUT2D eigenvalue weighted by Gasteiger charge is 2.75. The minimum absolute atomic E-state index is 0.0495. The summed E-state index contributed by atoms with van der Waals surface area (Å²) < 4.78 is 18.3. The number of hydrogen-bond acceptors (Lipinski definition) is 10. The van der Waals surface area contributed by atoms with Gasteiger partial charge in [-0.1, -0.05) is 24.3 Å². The van der Waals surface area contributed by atoms with E-state index in [4.69, 9.17) is 19.2 Å². The highest BCUT2D eigenvalue weighted by molar-refractivity contribution is 6.08. The summed E-state index contributed by atoms with van der Waals surface area (Å²) >= 11 is 0. The molecular formula is C27H32N2O8. The first-order valence-electron chi connectivity index (χ1n) is 13.1. The second-order valence-electron chi connectivity index (χ2n) is 11.1. The number of aliphatic hydroxyl groups excluding tert-OH is 4. The Bertz CT molecular complexity index is 1200. The predicted octanol–water partition coefficient (Wildman–Crippen LogP) is 0.137. The molecule has 0 aromatic heterocycles. The molecule has 6 heterocycles. The SMILES string of the molecule is C/C=C1\C2C[C@H]3C4=Nc5ccccc5[C@]45CC(C2C5OC(C)=O)N3C1OC1OC(CO)C(O)C(O)C1O. The van der Waals surface area contributed by atoms with Gasteiger partial charge in [-0.2, -0.15) is 0 Å². The van der Waals surface area contributed by atoms with E-state index in [-0.39, 0.29) is 36.0 Å². The van der Waals surface area contributed by atoms with Crippen molar-refractivity contribution in [2.75, 3.05) is 6.61 Å². The summed E-state index contributed by atoms with van der Waals surface area (Å²) in [5, 5.41) is 40.9. The smallest absolute Gasteiger partial charge is 0.302 e. The van der Waals surface area contributed by atoms with Gasteiger partial charge in [-0.05, 0) is 42.9 Å². The third-order valence-corrected chi connectivity index (χ3v) is 9.62. The van der Waals surface area contributed by atoms with Crippen LogP contribution in [-0.4, -0.2) is 98.7 Å². The molecule has 198 valence electrons. The number of rotatable bonds is 4. The number of aliphatic imine (C=N–C) groups is 1. The van der Waals surface area contributed by atoms with Crippen molar-refractivity contribution < 1.29 is 39.4 Å². The van der Waals surface area contributed by atoms with Crippen LogP contribution in [0, 0.1) is 11.8 Å². The van der Waals surface area contributed by atoms with Crippen molar-refractivity contribution in [3.63, 3.8) is 0 Å². The van der Waals surface area contributed by atoms with Gasteiger partial charge in [0.25, 0.3) is 0 Å². The van der Waals surface area contributed by atoms with Crippen LogP contribution in [0.3, 0.4) is 0 Å². The molecule has 8 rings (SSSR count). The van der Waals surface area contributed by atoms with Crippen LogP contribution in [0.5, 0.6) is 0 Å². The monoisotopic (exact) mass is 512 g/mol. The molecule has 1 aliphatic carbocycles. The number of aliphatic hydroxyl groups is 4. The van der Waals surface area contributed by atoms with E-state index >= 15 is 0 Å². The minimum Gasteiger partial charge on any atom is -0.461 e. The predicted molar refractivity (Wildman–Crippen MR) is 129 cm³/mol. The summed E-state index contributed by atoms with van der Waals surface area (Å²) in [4.78, 5) is 19.8. The zero-order chi connectivity index (χ0) is 25.8. The average Bonchev–Trinajstić information content (AvgIpc) is 3.36. The van der Waals surface area contributed by atoms with Crippen LogP contribution >= 0.6 is 0 Å². The van der Waals surface area contributed by atoms with Crippen molar-refractivity contribution in [1.29, 1.82) is 0 Å². The summed E-state index contributed by atoms with van der Waals surface area (Å²) in [6, 6.07) is 8.10. The van der Waals surface area contributed by atoms with Gasteiger partial charge in [-0.25, -0.2) is 0 Å². The lowest BCUT2D eigenvalue weighted by atomic mass is 9.66. The molecule has 7 aliphatic rings. The zero-order valence-corrected chi connectivity index (χ0v) is 20.7. The molecule has 1 spiro atoms. The standard InChI is InChI=1S/C27H32N2O8/c1-3-12-13-8-16-23-27(14-6-4-5-7-15(14)28-23)9-17(19(13)24(27)35-11(2)31)29(16)25(12)37-26-22(34)21(33)20(32)18(10-30)36-26/h3-7,13,16-22,24-26,30,32-34H,8-10H2,1-2H3/b12-3+/t13?,16-,17?,18?,19?,20?,21?,22?,24?,25?,26?,27+/m0/s1. The van der Waals surface area contributed by atoms with Gasteiger partial charge in [0.2, 0.25) is 0 Å². The number of carbonyl (C=O) groups excluding carboxylic acids is 1. The second kappa shape index (κ2) is 8.16. The molecule has 0 radical (unpaired) electrons. The van der Waals surface area contributed by atoms with Gasteiger partial charge in [-0.3, -0.25) is 14.7 Å². The van der Waals surface area contributed by atoms with Crippen LogP contribution < -0.4 is 0 Å². The van der Waals surface area contributed by atoms with Gasteiger partial charge in [-0.15, -0.1) is 0 Å². The fourth-order valence-corrected chi connectivity index (χ4v) is 8.32. The Morgan fingerprint density at radius 1 is 1.24 bits per heavy atom. The van der Waals surface area contributed by atoms with E-state index in [0.29, 0.717) is 0 Å². The topological polar surface area (TPSA) is 141 Å². The van der Waals surface area contributed by atoms with Crippen LogP contribution in [0.4, 0.5) is 5.69 Å². The number of hydrogen-bond donors (Lipinski definition) is 4. The van der Waals surface area contributed by atoms with Gasteiger partial charge in [0.05, 0.1) is 29.5 Å². The number of esters is 1. The maximum absolute atomic E-state index is 12.4. The Kier molecular flexibility index (Phi) is 5.27. The van der Waals surface area contributed by atoms with Crippen LogP contribution in [0.2, 0.25) is 0 Å². The van der Waals surface area contributed by atoms with Crippen molar-refractivity contribution in [2.45, 2.75) is 87.2 Å². The first kappa shape index (κ1) is 23.9. The van der Waals surface area contributed by atoms with Crippen molar-refractivity contribution in [3.8, 4) is 0 Å². The maximum Gasteiger partial charge on any atom is 0.302 e. The molecule has 37 heavy (non-hydrogen) atoms. The normalized spacial score (nSPS) is 49.7. The third-order valence-electron chi connectivity index (χ3n) is 9.62. The van der Waals surface area contributed by atoms with Crippen LogP contribution in [0.1, 0.15) is 32.3 Å². The summed E-state index contributed by atoms with van der Waals surface area (Å²) in [6.45, 7) is 2.89. The van der Waals surface area contributed by atoms with Crippen molar-refractivity contribution in [1.82, 2.24) is 4.90 Å². The minimum atomic E-state index is -1.52. The van der Waals surface area contributed by atoms with Gasteiger partial charge in [0, 0.05) is 18.9 Å². The van der Waals surface area contributed by atoms with E-state index in [2.05, 4.69) is 11.0 Å². The number of piperidine rings is 4. The Hall–Kier alpha value is -2.18. The quantitative estimate of drug-likeness (QED) is 0.327. The number of carbonyl (C=O) groups is 1. The van der Waals surface area contributed by atoms with Crippen LogP contribution in [0.25, 0.3) is 0 Å². The number of ether oxygens (including phenoxy) is 3. The molecule has 4 N–H and O–H groups in total. The molecule has 11 unspecified atom stereocenters. The number of fused-ring (bicyclic) bond motifs is 2. The fraction of sp³-hybridized carbons (Fsp3) is 0.630. The van der Waals surface area contributed by atoms with E-state index in [0.717, 1.165) is 35.4 Å². The number of allylic oxidation sites excluding steroid dienone is 1. The van der Waals surface area contributed by atoms with Gasteiger partial charge in [0.15, 0.2) is 6.29 Å². The summed E-state index contributed by atoms with van der Waals surface area (Å²) in [5.41, 5.74) is 3.57. The molecule has 13 atom stereocenters. The van der Waals surface area contributed by atoms with E-state index in [1.165, 1.54) is 6.92 Å². The van der Waals surface area contributed by atoms with E-state index in [1.807, 2.05) is 31.2 Å². The largest absolute Gasteiger partial charge is 0.461 e. The molecule has 5 saturated heterocycles. The zero-order valence-electron chi connectivity index (χ0n) is 20.7. The van der Waals surface area contributed by atoms with Gasteiger partial charge < -0.3 is 34.6 Å². The maximum atomic E-state index is 12.4. The fourth-order valence-electron chi connectivity index (χ4n) is 8.32. The lowest BCUT2D eigenvalue weighted by molar-refractivity contribution is -0.328. The van der Waals surface area contributed by atoms with Gasteiger partial charge in [0.1, 0.15) is 36.7 Å². The van der Waals surface area contributed by atoms with Gasteiger partial charge >= 0.3 is 5.97 Å². The molecule has 6 aliphatic heterocycles. The molecule has 1 aromatic carbocycles. The van der Waals surface area contributed by atoms with Crippen molar-refractivity contribution >= 4 is 17.4 Å². The molecule has 0 amide bonds. The second-order valence-corrected chi connectivity index (χ2v) is 11.1. The molecule has 1 saturated carbocycles. The Morgan fingerprint density at radius 3 is 2.76 bits per heavy atom. The van der Waals surface area contributed by atoms with Crippen LogP contribution in [-0.2, 0) is 24.4 Å². The summed E-state index contributed by atoms with van der Waals surface area (Å²) in [7, 11) is 0. The molecule has 1 aromatic rings. The Labute approximate surface area is 214 Å². The van der Waals surface area contributed by atoms with E-state index in [9.17, 15) is 25.2 Å². The first-order valence-corrected chi connectivity index (χ1v) is 13.1. The summed E-state index contributed by atoms with van der Waals surface area (Å²) in [6.07, 6.45) is -4.07. The summed E-state index contributed by atoms with van der Waals surface area (Å²) in [5.74, 6) is -0.176. The molecule has 6 fully saturated rings. The van der Waals surface area contributed by atoms with E-state index < -0.39 is 49.0 Å². The third kappa shape index (κ3) is 2.95. The first-order chi connectivity index (χ1) is 17.8. The lowest BCUT2D eigenvalue weighted by Crippen LogP contribution is -2.70.